The highest BCUT2D eigenvalue weighted by atomic mass is 35.5. The van der Waals surface area contributed by atoms with Crippen LogP contribution in [0.3, 0.4) is 0 Å². The highest BCUT2D eigenvalue weighted by Crippen LogP contribution is 2.28. The summed E-state index contributed by atoms with van der Waals surface area (Å²) in [5.74, 6) is 0.431. The van der Waals surface area contributed by atoms with Gasteiger partial charge < -0.3 is 15.3 Å². The molecule has 0 atom stereocenters. The number of amides is 1. The fraction of sp³-hybridized carbons (Fsp3) is 0.846. The highest BCUT2D eigenvalue weighted by Gasteiger charge is 2.25. The largest absolute Gasteiger partial charge is 0.444 e. The molecule has 1 saturated carbocycles. The lowest BCUT2D eigenvalue weighted by Gasteiger charge is -2.29. The topological polar surface area (TPSA) is 70.9 Å². The molecule has 0 radical (unpaired) electrons. The zero-order valence-electron chi connectivity index (χ0n) is 11.8. The average molecular weight is 291 g/mol. The molecule has 0 aliphatic heterocycles. The summed E-state index contributed by atoms with van der Waals surface area (Å²) in [7, 11) is 0. The molecule has 1 fully saturated rings. The van der Waals surface area contributed by atoms with Crippen molar-refractivity contribution in [1.82, 2.24) is 5.32 Å². The van der Waals surface area contributed by atoms with Crippen LogP contribution in [0.2, 0.25) is 0 Å². The Balaban J connectivity index is 2.29. The second kappa shape index (κ2) is 6.98. The van der Waals surface area contributed by atoms with Crippen LogP contribution in [0.1, 0.15) is 52.9 Å². The maximum atomic E-state index is 11.6. The monoisotopic (exact) mass is 290 g/mol. The van der Waals surface area contributed by atoms with Gasteiger partial charge in [0.05, 0.1) is 0 Å². The standard InChI is InChI=1S/C13H23ClN2O3/c1-13(2,3)19-12(17)15-10-6-4-9(5-7-10)8-11(14)16-18/h9-10,18H,4-8H2,1-3H3,(H,15,17)/b16-11-. The van der Waals surface area contributed by atoms with Crippen LogP contribution in [-0.4, -0.2) is 28.1 Å². The fourth-order valence-corrected chi connectivity index (χ4v) is 2.48. The molecule has 0 bridgehead atoms. The minimum absolute atomic E-state index is 0.163. The second-order valence-electron chi connectivity index (χ2n) is 6.04. The zero-order chi connectivity index (χ0) is 14.5. The minimum Gasteiger partial charge on any atom is -0.444 e. The molecule has 0 aromatic heterocycles. The van der Waals surface area contributed by atoms with Gasteiger partial charge in [-0.15, -0.1) is 0 Å². The number of nitrogens with zero attached hydrogens (tertiary/aromatic N) is 1. The molecule has 110 valence electrons. The molecule has 1 amide bonds. The predicted octanol–water partition coefficient (Wildman–Crippen LogP) is 3.49. The molecule has 0 saturated heterocycles. The molecular weight excluding hydrogens is 268 g/mol. The molecule has 2 N–H and O–H groups in total. The van der Waals surface area contributed by atoms with Gasteiger partial charge in [0.2, 0.25) is 0 Å². The molecule has 5 nitrogen and oxygen atoms in total. The number of carbonyl (C=O) groups is 1. The zero-order valence-corrected chi connectivity index (χ0v) is 12.5. The fourth-order valence-electron chi connectivity index (χ4n) is 2.26. The van der Waals surface area contributed by atoms with E-state index in [4.69, 9.17) is 21.5 Å². The molecule has 1 aliphatic rings. The number of hydrogen-bond acceptors (Lipinski definition) is 4. The third-order valence-corrected chi connectivity index (χ3v) is 3.36. The molecule has 19 heavy (non-hydrogen) atoms. The Kier molecular flexibility index (Phi) is 5.91. The summed E-state index contributed by atoms with van der Waals surface area (Å²) in [5, 5.41) is 14.7. The Morgan fingerprint density at radius 1 is 1.37 bits per heavy atom. The maximum absolute atomic E-state index is 11.6. The maximum Gasteiger partial charge on any atom is 0.407 e. The SMILES string of the molecule is CC(C)(C)OC(=O)NC1CCC(C/C(Cl)=N/O)CC1. The van der Waals surface area contributed by atoms with Crippen LogP contribution in [0.15, 0.2) is 5.16 Å². The Morgan fingerprint density at radius 2 is 1.95 bits per heavy atom. The number of carbonyl (C=O) groups excluding carboxylic acids is 1. The van der Waals surface area contributed by atoms with Crippen molar-refractivity contribution in [3.63, 3.8) is 0 Å². The van der Waals surface area contributed by atoms with Gasteiger partial charge in [-0.25, -0.2) is 4.79 Å². The highest BCUT2D eigenvalue weighted by molar-refractivity contribution is 6.65. The van der Waals surface area contributed by atoms with E-state index in [-0.39, 0.29) is 17.3 Å². The van der Waals surface area contributed by atoms with E-state index in [0.29, 0.717) is 12.3 Å². The van der Waals surface area contributed by atoms with Gasteiger partial charge in [0, 0.05) is 12.5 Å². The Labute approximate surface area is 119 Å². The minimum atomic E-state index is -0.466. The molecule has 0 aromatic carbocycles. The van der Waals surface area contributed by atoms with Crippen molar-refractivity contribution in [2.75, 3.05) is 0 Å². The number of hydrogen-bond donors (Lipinski definition) is 2. The van der Waals surface area contributed by atoms with Crippen LogP contribution in [-0.2, 0) is 4.74 Å². The molecule has 0 spiro atoms. The van der Waals surface area contributed by atoms with Crippen LogP contribution in [0.5, 0.6) is 0 Å². The number of rotatable bonds is 3. The third-order valence-electron chi connectivity index (χ3n) is 3.13. The number of alkyl carbamates (subject to hydrolysis) is 1. The first kappa shape index (κ1) is 16.1. The van der Waals surface area contributed by atoms with E-state index in [1.54, 1.807) is 0 Å². The van der Waals surface area contributed by atoms with Gasteiger partial charge in [-0.3, -0.25) is 0 Å². The van der Waals surface area contributed by atoms with Gasteiger partial charge in [0.1, 0.15) is 10.8 Å². The van der Waals surface area contributed by atoms with Crippen molar-refractivity contribution in [2.45, 2.75) is 64.5 Å². The summed E-state index contributed by atoms with van der Waals surface area (Å²) in [6.45, 7) is 5.54. The van der Waals surface area contributed by atoms with Crippen molar-refractivity contribution in [3.8, 4) is 0 Å². The van der Waals surface area contributed by atoms with Crippen LogP contribution in [0.25, 0.3) is 0 Å². The molecule has 6 heteroatoms. The van der Waals surface area contributed by atoms with Crippen molar-refractivity contribution < 1.29 is 14.7 Å². The first-order valence-corrected chi connectivity index (χ1v) is 7.04. The first-order valence-electron chi connectivity index (χ1n) is 6.66. The number of ether oxygens (including phenoxy) is 1. The summed E-state index contributed by atoms with van der Waals surface area (Å²) < 4.78 is 5.23. The van der Waals surface area contributed by atoms with Crippen LogP contribution < -0.4 is 5.32 Å². The third kappa shape index (κ3) is 6.66. The number of nitrogens with one attached hydrogen (secondary N) is 1. The molecule has 0 unspecified atom stereocenters. The van der Waals surface area contributed by atoms with Crippen LogP contribution in [0.4, 0.5) is 4.79 Å². The predicted molar refractivity (Wildman–Crippen MR) is 74.8 cm³/mol. The lowest BCUT2D eigenvalue weighted by atomic mass is 9.84. The van der Waals surface area contributed by atoms with Crippen molar-refractivity contribution in [1.29, 1.82) is 0 Å². The van der Waals surface area contributed by atoms with E-state index >= 15 is 0 Å². The van der Waals surface area contributed by atoms with Gasteiger partial charge >= 0.3 is 6.09 Å². The number of halogens is 1. The van der Waals surface area contributed by atoms with Crippen LogP contribution >= 0.6 is 11.6 Å². The molecule has 0 aromatic rings. The first-order chi connectivity index (χ1) is 8.80. The van der Waals surface area contributed by atoms with E-state index in [1.165, 1.54) is 0 Å². The Bertz CT molecular complexity index is 331. The molecular formula is C13H23ClN2O3. The van der Waals surface area contributed by atoms with E-state index in [0.717, 1.165) is 25.7 Å². The van der Waals surface area contributed by atoms with Gasteiger partial charge in [0.15, 0.2) is 0 Å². The summed E-state index contributed by atoms with van der Waals surface area (Å²) in [6, 6.07) is 0.163. The van der Waals surface area contributed by atoms with E-state index < -0.39 is 5.60 Å². The van der Waals surface area contributed by atoms with Crippen molar-refractivity contribution >= 4 is 22.9 Å². The molecule has 1 aliphatic carbocycles. The quantitative estimate of drug-likeness (QED) is 0.475. The van der Waals surface area contributed by atoms with Gasteiger partial charge in [-0.1, -0.05) is 16.8 Å². The smallest absolute Gasteiger partial charge is 0.407 e. The lowest BCUT2D eigenvalue weighted by molar-refractivity contribution is 0.0487. The normalized spacial score (nSPS) is 24.9. The summed E-state index contributed by atoms with van der Waals surface area (Å²) in [6.07, 6.45) is 3.99. The summed E-state index contributed by atoms with van der Waals surface area (Å²) >= 11 is 5.70. The molecule has 1 rings (SSSR count). The van der Waals surface area contributed by atoms with Crippen molar-refractivity contribution in [3.05, 3.63) is 0 Å². The Morgan fingerprint density at radius 3 is 2.42 bits per heavy atom. The summed E-state index contributed by atoms with van der Waals surface area (Å²) in [4.78, 5) is 11.6. The summed E-state index contributed by atoms with van der Waals surface area (Å²) in [5.41, 5.74) is -0.466. The van der Waals surface area contributed by atoms with E-state index in [1.807, 2.05) is 20.8 Å². The van der Waals surface area contributed by atoms with E-state index in [2.05, 4.69) is 10.5 Å². The molecule has 0 heterocycles. The number of oxime groups is 1. The average Bonchev–Trinajstić information content (AvgIpc) is 2.29. The second-order valence-corrected chi connectivity index (χ2v) is 6.48. The van der Waals surface area contributed by atoms with Gasteiger partial charge in [-0.2, -0.15) is 0 Å². The van der Waals surface area contributed by atoms with Gasteiger partial charge in [-0.05, 0) is 52.4 Å². The van der Waals surface area contributed by atoms with Gasteiger partial charge in [0.25, 0.3) is 0 Å². The van der Waals surface area contributed by atoms with E-state index in [9.17, 15) is 4.79 Å². The Hall–Kier alpha value is -0.970. The lowest BCUT2D eigenvalue weighted by Crippen LogP contribution is -2.41. The van der Waals surface area contributed by atoms with Crippen LogP contribution in [0, 0.1) is 5.92 Å². The van der Waals surface area contributed by atoms with Crippen molar-refractivity contribution in [2.24, 2.45) is 11.1 Å².